The second-order valence-electron chi connectivity index (χ2n) is 7.52. The molecular weight excluding hydrogens is 454 g/mol. The molecule has 1 amide bonds. The number of anilines is 1. The molecular formula is C18H23BrClN3O3S. The van der Waals surface area contributed by atoms with Crippen molar-refractivity contribution in [2.45, 2.75) is 44.2 Å². The van der Waals surface area contributed by atoms with Crippen molar-refractivity contribution in [3.63, 3.8) is 0 Å². The molecule has 0 N–H and O–H groups in total. The van der Waals surface area contributed by atoms with Crippen molar-refractivity contribution in [2.24, 2.45) is 0 Å². The maximum Gasteiger partial charge on any atom is 0.410 e. The molecule has 0 bridgehead atoms. The maximum atomic E-state index is 12.3. The summed E-state index contributed by atoms with van der Waals surface area (Å²) >= 11 is 11.4. The summed E-state index contributed by atoms with van der Waals surface area (Å²) in [6.45, 7) is 9.37. The van der Waals surface area contributed by atoms with Gasteiger partial charge >= 0.3 is 6.09 Å². The van der Waals surface area contributed by atoms with Crippen LogP contribution in [0.3, 0.4) is 0 Å². The molecule has 2 heterocycles. The molecule has 1 saturated heterocycles. The molecule has 3 rings (SSSR count). The van der Waals surface area contributed by atoms with Gasteiger partial charge in [0.15, 0.2) is 5.58 Å². The van der Waals surface area contributed by atoms with Crippen LogP contribution in [0.25, 0.3) is 11.1 Å². The number of amides is 1. The SMILES string of the molecule is CSc1c(Cl)cc(Br)c2oc(N3CCN(C(=O)OC(C)(C)C)CC3C)nc12. The Balaban J connectivity index is 1.82. The van der Waals surface area contributed by atoms with Gasteiger partial charge in [-0.3, -0.25) is 0 Å². The van der Waals surface area contributed by atoms with Gasteiger partial charge in [0, 0.05) is 25.7 Å². The molecule has 1 aliphatic rings. The number of aromatic nitrogens is 1. The zero-order chi connectivity index (χ0) is 19.9. The standard InChI is InChI=1S/C18H23BrClN3O3S/c1-10-9-22(17(24)26-18(2,3)4)6-7-23(10)16-21-13-14(25-16)11(19)8-12(20)15(13)27-5/h8,10H,6-7,9H2,1-5H3. The minimum atomic E-state index is -0.502. The van der Waals surface area contributed by atoms with Gasteiger partial charge < -0.3 is 19.0 Å². The third kappa shape index (κ3) is 4.32. The molecule has 0 aliphatic carbocycles. The molecule has 6 nitrogen and oxygen atoms in total. The van der Waals surface area contributed by atoms with E-state index < -0.39 is 5.60 Å². The number of hydrogen-bond donors (Lipinski definition) is 0. The first-order valence-corrected chi connectivity index (χ1v) is 11.1. The fraction of sp³-hybridized carbons (Fsp3) is 0.556. The molecule has 1 fully saturated rings. The molecule has 1 unspecified atom stereocenters. The summed E-state index contributed by atoms with van der Waals surface area (Å²) in [6.07, 6.45) is 1.68. The second kappa shape index (κ2) is 7.72. The Kier molecular flexibility index (Phi) is 5.89. The van der Waals surface area contributed by atoms with E-state index in [-0.39, 0.29) is 12.1 Å². The average molecular weight is 477 g/mol. The number of rotatable bonds is 2. The molecule has 1 atom stereocenters. The van der Waals surface area contributed by atoms with Crippen LogP contribution >= 0.6 is 39.3 Å². The monoisotopic (exact) mass is 475 g/mol. The van der Waals surface area contributed by atoms with E-state index in [1.54, 1.807) is 16.7 Å². The fourth-order valence-electron chi connectivity index (χ4n) is 3.03. The first-order chi connectivity index (χ1) is 12.6. The fourth-order valence-corrected chi connectivity index (χ4v) is 4.68. The van der Waals surface area contributed by atoms with Crippen molar-refractivity contribution in [3.8, 4) is 0 Å². The molecule has 148 valence electrons. The second-order valence-corrected chi connectivity index (χ2v) is 9.59. The van der Waals surface area contributed by atoms with Gasteiger partial charge in [-0.1, -0.05) is 11.6 Å². The zero-order valence-electron chi connectivity index (χ0n) is 16.0. The van der Waals surface area contributed by atoms with Crippen molar-refractivity contribution in [1.82, 2.24) is 9.88 Å². The number of carbonyl (C=O) groups is 1. The Morgan fingerprint density at radius 1 is 1.44 bits per heavy atom. The number of thioether (sulfide) groups is 1. The van der Waals surface area contributed by atoms with Crippen LogP contribution in [0.2, 0.25) is 5.02 Å². The molecule has 0 spiro atoms. The Bertz CT molecular complexity index is 868. The number of hydrogen-bond acceptors (Lipinski definition) is 6. The predicted octanol–water partition coefficient (Wildman–Crippen LogP) is 5.41. The summed E-state index contributed by atoms with van der Waals surface area (Å²) in [5.41, 5.74) is 0.927. The van der Waals surface area contributed by atoms with Crippen molar-refractivity contribution < 1.29 is 13.9 Å². The van der Waals surface area contributed by atoms with Crippen LogP contribution < -0.4 is 4.90 Å². The Morgan fingerprint density at radius 3 is 2.74 bits per heavy atom. The number of oxazole rings is 1. The Hall–Kier alpha value is -1.12. The number of piperazine rings is 1. The lowest BCUT2D eigenvalue weighted by molar-refractivity contribution is 0.0216. The lowest BCUT2D eigenvalue weighted by atomic mass is 10.2. The minimum Gasteiger partial charge on any atom is -0.444 e. The minimum absolute atomic E-state index is 0.0475. The van der Waals surface area contributed by atoms with E-state index in [1.165, 1.54) is 0 Å². The predicted molar refractivity (Wildman–Crippen MR) is 113 cm³/mol. The largest absolute Gasteiger partial charge is 0.444 e. The first kappa shape index (κ1) is 20.6. The van der Waals surface area contributed by atoms with Gasteiger partial charge in [0.1, 0.15) is 11.1 Å². The number of ether oxygens (including phenoxy) is 1. The van der Waals surface area contributed by atoms with E-state index in [1.807, 2.05) is 40.0 Å². The number of benzene rings is 1. The van der Waals surface area contributed by atoms with Crippen LogP contribution in [-0.4, -0.2) is 53.5 Å². The summed E-state index contributed by atoms with van der Waals surface area (Å²) < 4.78 is 12.3. The first-order valence-electron chi connectivity index (χ1n) is 8.68. The number of carbonyl (C=O) groups excluding carboxylic acids is 1. The number of nitrogens with zero attached hydrogens (tertiary/aromatic N) is 3. The van der Waals surface area contributed by atoms with Gasteiger partial charge in [-0.2, -0.15) is 4.98 Å². The zero-order valence-corrected chi connectivity index (χ0v) is 19.2. The average Bonchev–Trinajstić information content (AvgIpc) is 2.98. The number of halogens is 2. The van der Waals surface area contributed by atoms with E-state index in [0.717, 1.165) is 14.9 Å². The summed E-state index contributed by atoms with van der Waals surface area (Å²) in [6, 6.07) is 2.42. The van der Waals surface area contributed by atoms with E-state index in [0.29, 0.717) is 36.3 Å². The van der Waals surface area contributed by atoms with Crippen LogP contribution in [0.5, 0.6) is 0 Å². The third-order valence-electron chi connectivity index (χ3n) is 4.25. The van der Waals surface area contributed by atoms with Crippen LogP contribution in [0.1, 0.15) is 27.7 Å². The third-order valence-corrected chi connectivity index (χ3v) is 6.07. The summed E-state index contributed by atoms with van der Waals surface area (Å²) in [7, 11) is 0. The Labute approximate surface area is 176 Å². The molecule has 9 heteroatoms. The summed E-state index contributed by atoms with van der Waals surface area (Å²) in [4.78, 5) is 21.7. The molecule has 27 heavy (non-hydrogen) atoms. The summed E-state index contributed by atoms with van der Waals surface area (Å²) in [5, 5.41) is 0.643. The van der Waals surface area contributed by atoms with Crippen LogP contribution in [0.4, 0.5) is 10.8 Å². The number of fused-ring (bicyclic) bond motifs is 1. The highest BCUT2D eigenvalue weighted by Crippen LogP contribution is 2.39. The lowest BCUT2D eigenvalue weighted by Gasteiger charge is -2.39. The van der Waals surface area contributed by atoms with Gasteiger partial charge in [-0.05, 0) is 55.9 Å². The molecule has 1 aromatic carbocycles. The topological polar surface area (TPSA) is 58.8 Å². The van der Waals surface area contributed by atoms with Gasteiger partial charge in [0.25, 0.3) is 6.01 Å². The van der Waals surface area contributed by atoms with Gasteiger partial charge in [-0.15, -0.1) is 11.8 Å². The van der Waals surface area contributed by atoms with Crippen molar-refractivity contribution in [1.29, 1.82) is 0 Å². The highest BCUT2D eigenvalue weighted by atomic mass is 79.9. The van der Waals surface area contributed by atoms with E-state index in [2.05, 4.69) is 20.8 Å². The highest BCUT2D eigenvalue weighted by molar-refractivity contribution is 9.10. The smallest absolute Gasteiger partial charge is 0.410 e. The Morgan fingerprint density at radius 2 is 2.15 bits per heavy atom. The highest BCUT2D eigenvalue weighted by Gasteiger charge is 2.32. The van der Waals surface area contributed by atoms with E-state index in [9.17, 15) is 4.79 Å². The van der Waals surface area contributed by atoms with Crippen molar-refractivity contribution >= 4 is 62.5 Å². The van der Waals surface area contributed by atoms with E-state index in [4.69, 9.17) is 25.7 Å². The van der Waals surface area contributed by atoms with Crippen LogP contribution in [-0.2, 0) is 4.74 Å². The summed E-state index contributed by atoms with van der Waals surface area (Å²) in [5.74, 6) is 0. The molecule has 0 radical (unpaired) electrons. The van der Waals surface area contributed by atoms with Crippen molar-refractivity contribution in [3.05, 3.63) is 15.6 Å². The van der Waals surface area contributed by atoms with Gasteiger partial charge in [0.2, 0.25) is 0 Å². The normalized spacial score (nSPS) is 18.3. The quantitative estimate of drug-likeness (QED) is 0.540. The van der Waals surface area contributed by atoms with Crippen LogP contribution in [0, 0.1) is 0 Å². The molecule has 2 aromatic rings. The van der Waals surface area contributed by atoms with E-state index >= 15 is 0 Å². The molecule has 1 aliphatic heterocycles. The van der Waals surface area contributed by atoms with Crippen molar-refractivity contribution in [2.75, 3.05) is 30.8 Å². The van der Waals surface area contributed by atoms with Gasteiger partial charge in [-0.25, -0.2) is 4.79 Å². The molecule has 1 aromatic heterocycles. The van der Waals surface area contributed by atoms with Gasteiger partial charge in [0.05, 0.1) is 14.4 Å². The lowest BCUT2D eigenvalue weighted by Crippen LogP contribution is -2.54. The van der Waals surface area contributed by atoms with Crippen LogP contribution in [0.15, 0.2) is 19.9 Å². The molecule has 0 saturated carbocycles. The maximum absolute atomic E-state index is 12.3.